The molecule has 1 nitrogen and oxygen atoms in total. The molecule has 1 aliphatic rings. The van der Waals surface area contributed by atoms with Crippen molar-refractivity contribution < 1.29 is 0 Å². The molecule has 174 valence electrons. The van der Waals surface area contributed by atoms with Gasteiger partial charge in [0.25, 0.3) is 0 Å². The van der Waals surface area contributed by atoms with Crippen molar-refractivity contribution in [1.82, 2.24) is 5.32 Å². The van der Waals surface area contributed by atoms with E-state index in [0.717, 1.165) is 5.92 Å². The van der Waals surface area contributed by atoms with Gasteiger partial charge in [0, 0.05) is 0 Å². The Morgan fingerprint density at radius 3 is 1.10 bits per heavy atom. The summed E-state index contributed by atoms with van der Waals surface area (Å²) in [7, 11) is 0. The predicted octanol–water partition coefficient (Wildman–Crippen LogP) is 9.59. The summed E-state index contributed by atoms with van der Waals surface area (Å²) >= 11 is 0. The minimum Gasteiger partial charge on any atom is -0.317 e. The van der Waals surface area contributed by atoms with Crippen LogP contribution in [0.4, 0.5) is 0 Å². The number of hydrogen-bond acceptors (Lipinski definition) is 1. The highest BCUT2D eigenvalue weighted by Crippen LogP contribution is 2.20. The lowest BCUT2D eigenvalue weighted by Gasteiger charge is -2.22. The smallest absolute Gasteiger partial charge is 0.00463 e. The zero-order chi connectivity index (χ0) is 20.7. The first-order valence-electron chi connectivity index (χ1n) is 14.1. The molecule has 0 unspecified atom stereocenters. The van der Waals surface area contributed by atoms with Crippen LogP contribution in [0.15, 0.2) is 0 Å². The van der Waals surface area contributed by atoms with Gasteiger partial charge in [-0.2, -0.15) is 0 Å². The Hall–Kier alpha value is -0.0400. The molecular weight excluding hydrogens is 350 g/mol. The third kappa shape index (κ3) is 19.7. The summed E-state index contributed by atoms with van der Waals surface area (Å²) in [6.45, 7) is 4.84. The molecule has 1 aliphatic heterocycles. The van der Waals surface area contributed by atoms with Gasteiger partial charge < -0.3 is 5.32 Å². The van der Waals surface area contributed by atoms with Crippen molar-refractivity contribution in [3.63, 3.8) is 0 Å². The van der Waals surface area contributed by atoms with Crippen LogP contribution in [0.2, 0.25) is 0 Å². The molecule has 0 saturated carbocycles. The summed E-state index contributed by atoms with van der Waals surface area (Å²) in [5.74, 6) is 1.04. The largest absolute Gasteiger partial charge is 0.317 e. The standard InChI is InChI=1S/C28H57N/c1-2-3-4-5-6-7-8-9-10-11-12-13-14-15-16-17-18-19-20-21-22-23-28-24-26-29-27-25-28/h28-29H,2-27H2,1H3. The first-order valence-corrected chi connectivity index (χ1v) is 14.1. The average molecular weight is 408 g/mol. The van der Waals surface area contributed by atoms with Crippen molar-refractivity contribution in [3.05, 3.63) is 0 Å². The first-order chi connectivity index (χ1) is 14.4. The van der Waals surface area contributed by atoms with E-state index in [1.54, 1.807) is 0 Å². The third-order valence-corrected chi connectivity index (χ3v) is 7.17. The van der Waals surface area contributed by atoms with Gasteiger partial charge in [0.2, 0.25) is 0 Å². The highest BCUT2D eigenvalue weighted by atomic mass is 14.9. The van der Waals surface area contributed by atoms with E-state index in [1.165, 1.54) is 167 Å². The fraction of sp³-hybridized carbons (Fsp3) is 1.00. The average Bonchev–Trinajstić information content (AvgIpc) is 2.75. The lowest BCUT2D eigenvalue weighted by molar-refractivity contribution is 0.342. The van der Waals surface area contributed by atoms with Gasteiger partial charge in [0.1, 0.15) is 0 Å². The molecule has 29 heavy (non-hydrogen) atoms. The molecule has 0 amide bonds. The Labute approximate surface area is 185 Å². The van der Waals surface area contributed by atoms with E-state index in [1.807, 2.05) is 0 Å². The molecule has 1 heteroatoms. The Morgan fingerprint density at radius 1 is 0.448 bits per heavy atom. The summed E-state index contributed by atoms with van der Waals surface area (Å²) in [5, 5.41) is 3.48. The van der Waals surface area contributed by atoms with Crippen molar-refractivity contribution in [2.45, 2.75) is 161 Å². The van der Waals surface area contributed by atoms with E-state index in [2.05, 4.69) is 12.2 Å². The van der Waals surface area contributed by atoms with Crippen molar-refractivity contribution in [3.8, 4) is 0 Å². The second-order valence-electron chi connectivity index (χ2n) is 10.1. The lowest BCUT2D eigenvalue weighted by Crippen LogP contribution is -2.27. The minimum atomic E-state index is 1.04. The van der Waals surface area contributed by atoms with Gasteiger partial charge in [0.15, 0.2) is 0 Å². The van der Waals surface area contributed by atoms with Crippen molar-refractivity contribution >= 4 is 0 Å². The SMILES string of the molecule is CCCCCCCCCCCCCCCCCCCCCCCC1CCNCC1. The van der Waals surface area contributed by atoms with Crippen LogP contribution in [0.1, 0.15) is 161 Å². The fourth-order valence-corrected chi connectivity index (χ4v) is 5.04. The zero-order valence-electron chi connectivity index (χ0n) is 20.5. The van der Waals surface area contributed by atoms with Crippen LogP contribution in [-0.4, -0.2) is 13.1 Å². The van der Waals surface area contributed by atoms with Crippen LogP contribution in [0.5, 0.6) is 0 Å². The zero-order valence-corrected chi connectivity index (χ0v) is 20.5. The van der Waals surface area contributed by atoms with E-state index in [0.29, 0.717) is 0 Å². The normalized spacial score (nSPS) is 15.2. The third-order valence-electron chi connectivity index (χ3n) is 7.17. The Morgan fingerprint density at radius 2 is 0.759 bits per heavy atom. The molecule has 0 aromatic rings. The van der Waals surface area contributed by atoms with Gasteiger partial charge in [-0.25, -0.2) is 0 Å². The monoisotopic (exact) mass is 407 g/mol. The van der Waals surface area contributed by atoms with Crippen LogP contribution in [0, 0.1) is 5.92 Å². The summed E-state index contributed by atoms with van der Waals surface area (Å²) in [6, 6.07) is 0. The molecule has 0 aromatic heterocycles. The molecule has 1 heterocycles. The van der Waals surface area contributed by atoms with E-state index in [9.17, 15) is 0 Å². The van der Waals surface area contributed by atoms with Crippen LogP contribution < -0.4 is 5.32 Å². The van der Waals surface area contributed by atoms with E-state index >= 15 is 0 Å². The van der Waals surface area contributed by atoms with Gasteiger partial charge in [-0.15, -0.1) is 0 Å². The molecule has 0 atom stereocenters. The van der Waals surface area contributed by atoms with E-state index < -0.39 is 0 Å². The van der Waals surface area contributed by atoms with Crippen LogP contribution >= 0.6 is 0 Å². The van der Waals surface area contributed by atoms with Gasteiger partial charge in [-0.1, -0.05) is 148 Å². The van der Waals surface area contributed by atoms with Crippen LogP contribution in [0.25, 0.3) is 0 Å². The molecule has 1 N–H and O–H groups in total. The molecule has 1 rings (SSSR count). The van der Waals surface area contributed by atoms with Crippen molar-refractivity contribution in [2.24, 2.45) is 5.92 Å². The second-order valence-corrected chi connectivity index (χ2v) is 10.1. The fourth-order valence-electron chi connectivity index (χ4n) is 5.04. The number of hydrogen-bond donors (Lipinski definition) is 1. The van der Waals surface area contributed by atoms with Crippen LogP contribution in [0.3, 0.4) is 0 Å². The molecule has 1 fully saturated rings. The number of rotatable bonds is 22. The van der Waals surface area contributed by atoms with Gasteiger partial charge in [-0.05, 0) is 31.8 Å². The quantitative estimate of drug-likeness (QED) is 0.176. The van der Waals surface area contributed by atoms with Gasteiger partial charge >= 0.3 is 0 Å². The Bertz CT molecular complexity index is 295. The highest BCUT2D eigenvalue weighted by Gasteiger charge is 2.11. The van der Waals surface area contributed by atoms with Crippen molar-refractivity contribution in [1.29, 1.82) is 0 Å². The molecule has 0 aliphatic carbocycles. The first kappa shape index (κ1) is 27.0. The topological polar surface area (TPSA) is 12.0 Å². The second kappa shape index (κ2) is 22.6. The molecule has 0 bridgehead atoms. The van der Waals surface area contributed by atoms with Gasteiger partial charge in [0.05, 0.1) is 0 Å². The number of unbranched alkanes of at least 4 members (excludes halogenated alkanes) is 20. The number of piperidine rings is 1. The molecule has 0 radical (unpaired) electrons. The highest BCUT2D eigenvalue weighted by molar-refractivity contribution is 4.68. The molecule has 0 spiro atoms. The van der Waals surface area contributed by atoms with Gasteiger partial charge in [-0.3, -0.25) is 0 Å². The predicted molar refractivity (Wildman–Crippen MR) is 133 cm³/mol. The maximum atomic E-state index is 3.48. The van der Waals surface area contributed by atoms with E-state index in [-0.39, 0.29) is 0 Å². The lowest BCUT2D eigenvalue weighted by atomic mass is 9.92. The Kier molecular flexibility index (Phi) is 21.1. The summed E-state index contributed by atoms with van der Waals surface area (Å²) < 4.78 is 0. The summed E-state index contributed by atoms with van der Waals surface area (Å²) in [5.41, 5.74) is 0. The maximum Gasteiger partial charge on any atom is -0.00463 e. The van der Waals surface area contributed by atoms with E-state index in [4.69, 9.17) is 0 Å². The molecule has 1 saturated heterocycles. The molecule has 0 aromatic carbocycles. The van der Waals surface area contributed by atoms with Crippen LogP contribution in [-0.2, 0) is 0 Å². The number of nitrogens with one attached hydrogen (secondary N) is 1. The summed E-state index contributed by atoms with van der Waals surface area (Å²) in [4.78, 5) is 0. The minimum absolute atomic E-state index is 1.04. The van der Waals surface area contributed by atoms with Crippen molar-refractivity contribution in [2.75, 3.05) is 13.1 Å². The molecular formula is C28H57N. The maximum absolute atomic E-state index is 3.48. The Balaban J connectivity index is 1.63. The summed E-state index contributed by atoms with van der Waals surface area (Å²) in [6.07, 6.45) is 35.5.